The van der Waals surface area contributed by atoms with Gasteiger partial charge in [0.2, 0.25) is 5.91 Å². The molecule has 0 bridgehead atoms. The first-order chi connectivity index (χ1) is 6.15. The summed E-state index contributed by atoms with van der Waals surface area (Å²) in [5.41, 5.74) is 12.5. The van der Waals surface area contributed by atoms with E-state index in [0.717, 1.165) is 11.1 Å². The highest BCUT2D eigenvalue weighted by molar-refractivity contribution is 6.17. The van der Waals surface area contributed by atoms with E-state index in [2.05, 4.69) is 6.58 Å². The smallest absolute Gasteiger partial charge is 0.248 e. The third-order valence-corrected chi connectivity index (χ3v) is 1.81. The highest BCUT2D eigenvalue weighted by Gasteiger charge is 2.04. The van der Waals surface area contributed by atoms with Gasteiger partial charge in [-0.1, -0.05) is 24.8 Å². The van der Waals surface area contributed by atoms with Gasteiger partial charge in [0.15, 0.2) is 0 Å². The Bertz CT molecular complexity index is 345. The van der Waals surface area contributed by atoms with Crippen molar-refractivity contribution < 1.29 is 4.79 Å². The normalized spacial score (nSPS) is 9.62. The monoisotopic (exact) mass is 176 g/mol. The van der Waals surface area contributed by atoms with Gasteiger partial charge < -0.3 is 11.5 Å². The van der Waals surface area contributed by atoms with E-state index in [4.69, 9.17) is 11.5 Å². The number of carbonyl (C=O) groups is 1. The first kappa shape index (κ1) is 9.48. The second-order valence-corrected chi connectivity index (χ2v) is 2.75. The maximum Gasteiger partial charge on any atom is 0.248 e. The SMILES string of the molecule is C=C(C(N)=O)c1cccc(CN)c1. The predicted octanol–water partition coefficient (Wildman–Crippen LogP) is 0.644. The van der Waals surface area contributed by atoms with E-state index < -0.39 is 5.91 Å². The van der Waals surface area contributed by atoms with Crippen LogP contribution in [0.1, 0.15) is 11.1 Å². The van der Waals surface area contributed by atoms with Crippen molar-refractivity contribution in [2.75, 3.05) is 0 Å². The zero-order valence-corrected chi connectivity index (χ0v) is 7.29. The van der Waals surface area contributed by atoms with Crippen molar-refractivity contribution in [3.8, 4) is 0 Å². The lowest BCUT2D eigenvalue weighted by atomic mass is 10.0. The fourth-order valence-electron chi connectivity index (χ4n) is 1.03. The Kier molecular flexibility index (Phi) is 2.82. The number of carbonyl (C=O) groups excluding carboxylic acids is 1. The van der Waals surface area contributed by atoms with Crippen LogP contribution in [0.5, 0.6) is 0 Å². The van der Waals surface area contributed by atoms with E-state index in [0.29, 0.717) is 12.1 Å². The zero-order valence-electron chi connectivity index (χ0n) is 7.29. The van der Waals surface area contributed by atoms with Crippen LogP contribution in [0.3, 0.4) is 0 Å². The molecule has 0 unspecified atom stereocenters. The second-order valence-electron chi connectivity index (χ2n) is 2.75. The molecule has 0 aliphatic rings. The van der Waals surface area contributed by atoms with Crippen molar-refractivity contribution in [3.05, 3.63) is 42.0 Å². The molecule has 0 saturated heterocycles. The summed E-state index contributed by atoms with van der Waals surface area (Å²) < 4.78 is 0. The van der Waals surface area contributed by atoms with Crippen molar-refractivity contribution in [1.29, 1.82) is 0 Å². The number of nitrogens with two attached hydrogens (primary N) is 2. The van der Waals surface area contributed by atoms with Gasteiger partial charge in [-0.15, -0.1) is 0 Å². The van der Waals surface area contributed by atoms with E-state index in [9.17, 15) is 4.79 Å². The summed E-state index contributed by atoms with van der Waals surface area (Å²) in [5.74, 6) is -0.505. The maximum absolute atomic E-state index is 10.8. The Hall–Kier alpha value is -1.61. The van der Waals surface area contributed by atoms with Gasteiger partial charge in [-0.2, -0.15) is 0 Å². The van der Waals surface area contributed by atoms with Crippen LogP contribution in [0.15, 0.2) is 30.8 Å². The van der Waals surface area contributed by atoms with Gasteiger partial charge in [0.25, 0.3) is 0 Å². The molecule has 0 aliphatic carbocycles. The highest BCUT2D eigenvalue weighted by Crippen LogP contribution is 2.13. The van der Waals surface area contributed by atoms with E-state index in [1.807, 2.05) is 18.2 Å². The van der Waals surface area contributed by atoms with Crippen molar-refractivity contribution in [3.63, 3.8) is 0 Å². The number of benzene rings is 1. The molecule has 0 atom stereocenters. The van der Waals surface area contributed by atoms with Crippen molar-refractivity contribution in [2.45, 2.75) is 6.54 Å². The molecule has 1 aromatic rings. The van der Waals surface area contributed by atoms with E-state index in [-0.39, 0.29) is 0 Å². The van der Waals surface area contributed by atoms with Crippen LogP contribution in [0.2, 0.25) is 0 Å². The van der Waals surface area contributed by atoms with Crippen LogP contribution in [0.25, 0.3) is 5.57 Å². The number of primary amides is 1. The van der Waals surface area contributed by atoms with Gasteiger partial charge in [-0.3, -0.25) is 4.79 Å². The summed E-state index contributed by atoms with van der Waals surface area (Å²) in [5, 5.41) is 0. The topological polar surface area (TPSA) is 69.1 Å². The third kappa shape index (κ3) is 2.16. The van der Waals surface area contributed by atoms with Gasteiger partial charge in [0.1, 0.15) is 0 Å². The fourth-order valence-corrected chi connectivity index (χ4v) is 1.03. The first-order valence-corrected chi connectivity index (χ1v) is 3.93. The molecular formula is C10H12N2O. The van der Waals surface area contributed by atoms with E-state index >= 15 is 0 Å². The molecule has 0 aliphatic heterocycles. The molecule has 3 nitrogen and oxygen atoms in total. The highest BCUT2D eigenvalue weighted by atomic mass is 16.1. The van der Waals surface area contributed by atoms with Crippen LogP contribution < -0.4 is 11.5 Å². The molecule has 0 aromatic heterocycles. The molecule has 0 fully saturated rings. The molecule has 13 heavy (non-hydrogen) atoms. The molecule has 1 amide bonds. The van der Waals surface area contributed by atoms with Crippen LogP contribution in [-0.4, -0.2) is 5.91 Å². The number of rotatable bonds is 3. The van der Waals surface area contributed by atoms with Crippen molar-refractivity contribution >= 4 is 11.5 Å². The van der Waals surface area contributed by atoms with Crippen LogP contribution >= 0.6 is 0 Å². The summed E-state index contributed by atoms with van der Waals surface area (Å²) in [6.45, 7) is 4.03. The maximum atomic E-state index is 10.8. The Labute approximate surface area is 77.0 Å². The molecule has 0 radical (unpaired) electrons. The number of hydrogen-bond donors (Lipinski definition) is 2. The largest absolute Gasteiger partial charge is 0.366 e. The first-order valence-electron chi connectivity index (χ1n) is 3.93. The summed E-state index contributed by atoms with van der Waals surface area (Å²) in [6, 6.07) is 7.31. The Morgan fingerprint density at radius 3 is 2.69 bits per heavy atom. The Balaban J connectivity index is 3.02. The van der Waals surface area contributed by atoms with Gasteiger partial charge in [0, 0.05) is 12.1 Å². The standard InChI is InChI=1S/C10H12N2O/c1-7(10(12)13)9-4-2-3-8(5-9)6-11/h2-5H,1,6,11H2,(H2,12,13). The number of hydrogen-bond acceptors (Lipinski definition) is 2. The summed E-state index contributed by atoms with van der Waals surface area (Å²) >= 11 is 0. The quantitative estimate of drug-likeness (QED) is 0.664. The molecule has 4 N–H and O–H groups in total. The van der Waals surface area contributed by atoms with Gasteiger partial charge in [-0.05, 0) is 17.2 Å². The minimum absolute atomic E-state index is 0.315. The van der Waals surface area contributed by atoms with Crippen LogP contribution in [-0.2, 0) is 11.3 Å². The molecule has 3 heteroatoms. The Morgan fingerprint density at radius 1 is 1.46 bits per heavy atom. The van der Waals surface area contributed by atoms with Gasteiger partial charge >= 0.3 is 0 Å². The van der Waals surface area contributed by atoms with E-state index in [1.54, 1.807) is 6.07 Å². The molecular weight excluding hydrogens is 164 g/mol. The lowest BCUT2D eigenvalue weighted by Crippen LogP contribution is -2.12. The number of amides is 1. The Morgan fingerprint density at radius 2 is 2.15 bits per heavy atom. The second kappa shape index (κ2) is 3.87. The van der Waals surface area contributed by atoms with Crippen molar-refractivity contribution in [1.82, 2.24) is 0 Å². The minimum atomic E-state index is -0.505. The summed E-state index contributed by atoms with van der Waals surface area (Å²) in [4.78, 5) is 10.8. The zero-order chi connectivity index (χ0) is 9.84. The van der Waals surface area contributed by atoms with Gasteiger partial charge in [0.05, 0.1) is 0 Å². The van der Waals surface area contributed by atoms with E-state index in [1.165, 1.54) is 0 Å². The minimum Gasteiger partial charge on any atom is -0.366 e. The molecule has 1 aromatic carbocycles. The third-order valence-electron chi connectivity index (χ3n) is 1.81. The van der Waals surface area contributed by atoms with Crippen molar-refractivity contribution in [2.24, 2.45) is 11.5 Å². The fraction of sp³-hybridized carbons (Fsp3) is 0.100. The van der Waals surface area contributed by atoms with Crippen LogP contribution in [0, 0.1) is 0 Å². The average Bonchev–Trinajstić information content (AvgIpc) is 2.16. The lowest BCUT2D eigenvalue weighted by Gasteiger charge is -2.03. The summed E-state index contributed by atoms with van der Waals surface area (Å²) in [7, 11) is 0. The summed E-state index contributed by atoms with van der Waals surface area (Å²) in [6.07, 6.45) is 0. The van der Waals surface area contributed by atoms with Crippen LogP contribution in [0.4, 0.5) is 0 Å². The molecule has 0 heterocycles. The lowest BCUT2D eigenvalue weighted by molar-refractivity contribution is -0.112. The molecule has 1 rings (SSSR count). The average molecular weight is 176 g/mol. The van der Waals surface area contributed by atoms with Gasteiger partial charge in [-0.25, -0.2) is 0 Å². The molecule has 68 valence electrons. The predicted molar refractivity (Wildman–Crippen MR) is 52.6 cm³/mol. The molecule has 0 saturated carbocycles. The molecule has 0 spiro atoms.